The van der Waals surface area contributed by atoms with Gasteiger partial charge in [0.25, 0.3) is 0 Å². The van der Waals surface area contributed by atoms with E-state index in [1.807, 2.05) is 18.2 Å². The molecule has 0 saturated heterocycles. The molecule has 94 valence electrons. The van der Waals surface area contributed by atoms with Crippen LogP contribution in [-0.2, 0) is 0 Å². The molecule has 1 saturated carbocycles. The molecule has 1 aliphatic carbocycles. The number of hydrogen-bond acceptors (Lipinski definition) is 2. The fourth-order valence-electron chi connectivity index (χ4n) is 2.18. The van der Waals surface area contributed by atoms with Crippen molar-refractivity contribution in [3.63, 3.8) is 0 Å². The molecular weight excluding hydrogens is 255 g/mol. The molecule has 2 N–H and O–H groups in total. The molecule has 1 aromatic rings. The van der Waals surface area contributed by atoms with E-state index in [9.17, 15) is 0 Å². The Bertz CT molecular complexity index is 371. The van der Waals surface area contributed by atoms with Crippen LogP contribution in [-0.4, -0.2) is 25.0 Å². The molecule has 1 unspecified atom stereocenters. The van der Waals surface area contributed by atoms with Crippen LogP contribution >= 0.6 is 23.2 Å². The van der Waals surface area contributed by atoms with E-state index < -0.39 is 0 Å². The molecule has 0 bridgehead atoms. The lowest BCUT2D eigenvalue weighted by molar-refractivity contribution is 0.240. The largest absolute Gasteiger partial charge is 0.329 e. The number of hydrogen-bond donors (Lipinski definition) is 1. The molecule has 1 fully saturated rings. The van der Waals surface area contributed by atoms with Crippen molar-refractivity contribution < 1.29 is 0 Å². The van der Waals surface area contributed by atoms with E-state index in [0.29, 0.717) is 16.6 Å². The normalized spacial score (nSPS) is 17.5. The van der Waals surface area contributed by atoms with Gasteiger partial charge in [0.2, 0.25) is 0 Å². The summed E-state index contributed by atoms with van der Waals surface area (Å²) in [5, 5.41) is 1.41. The van der Waals surface area contributed by atoms with Crippen LogP contribution in [0, 0.1) is 5.92 Å². The van der Waals surface area contributed by atoms with Crippen LogP contribution in [0.4, 0.5) is 0 Å². The molecule has 0 radical (unpaired) electrons. The van der Waals surface area contributed by atoms with Gasteiger partial charge in [0.15, 0.2) is 0 Å². The van der Waals surface area contributed by atoms with Crippen LogP contribution in [0.15, 0.2) is 18.2 Å². The molecule has 0 amide bonds. The predicted molar refractivity (Wildman–Crippen MR) is 73.6 cm³/mol. The summed E-state index contributed by atoms with van der Waals surface area (Å²) in [7, 11) is 2.09. The molecule has 17 heavy (non-hydrogen) atoms. The minimum atomic E-state index is 0.108. The Balaban J connectivity index is 2.20. The maximum absolute atomic E-state index is 6.23. The number of likely N-dealkylation sites (N-methyl/N-ethyl adjacent to an activating group) is 1. The molecule has 4 heteroatoms. The highest BCUT2D eigenvalue weighted by Gasteiger charge is 2.27. The standard InChI is InChI=1S/C13H18Cl2N2/c1-17(8-9-5-6-9)12(7-16)13-10(14)3-2-4-11(13)15/h2-4,9,12H,5-8,16H2,1H3. The second-order valence-corrected chi connectivity index (χ2v) is 5.58. The number of nitrogens with zero attached hydrogens (tertiary/aromatic N) is 1. The van der Waals surface area contributed by atoms with Crippen molar-refractivity contribution in [1.29, 1.82) is 0 Å². The zero-order valence-electron chi connectivity index (χ0n) is 10.00. The summed E-state index contributed by atoms with van der Waals surface area (Å²) >= 11 is 12.5. The molecular formula is C13H18Cl2N2. The molecule has 1 atom stereocenters. The van der Waals surface area contributed by atoms with Gasteiger partial charge in [-0.1, -0.05) is 29.3 Å². The molecule has 2 rings (SSSR count). The van der Waals surface area contributed by atoms with E-state index in [2.05, 4.69) is 11.9 Å². The van der Waals surface area contributed by atoms with Crippen molar-refractivity contribution in [2.75, 3.05) is 20.1 Å². The van der Waals surface area contributed by atoms with Gasteiger partial charge in [-0.05, 0) is 37.9 Å². The third-order valence-corrected chi connectivity index (χ3v) is 3.99. The Hall–Kier alpha value is -0.280. The van der Waals surface area contributed by atoms with Crippen LogP contribution in [0.5, 0.6) is 0 Å². The average molecular weight is 273 g/mol. The number of benzene rings is 1. The highest BCUT2D eigenvalue weighted by atomic mass is 35.5. The van der Waals surface area contributed by atoms with Crippen molar-refractivity contribution in [1.82, 2.24) is 4.90 Å². The maximum atomic E-state index is 6.23. The highest BCUT2D eigenvalue weighted by Crippen LogP contribution is 2.36. The van der Waals surface area contributed by atoms with Gasteiger partial charge >= 0.3 is 0 Å². The fraction of sp³-hybridized carbons (Fsp3) is 0.538. The molecule has 0 spiro atoms. The van der Waals surface area contributed by atoms with Crippen LogP contribution < -0.4 is 5.73 Å². The molecule has 0 aliphatic heterocycles. The van der Waals surface area contributed by atoms with Gasteiger partial charge in [0.05, 0.1) is 0 Å². The molecule has 1 aromatic carbocycles. The number of halogens is 2. The monoisotopic (exact) mass is 272 g/mol. The smallest absolute Gasteiger partial charge is 0.0497 e. The third-order valence-electron chi connectivity index (χ3n) is 3.33. The van der Waals surface area contributed by atoms with Crippen molar-refractivity contribution >= 4 is 23.2 Å². The fourth-order valence-corrected chi connectivity index (χ4v) is 2.83. The van der Waals surface area contributed by atoms with E-state index >= 15 is 0 Å². The lowest BCUT2D eigenvalue weighted by atomic mass is 10.1. The summed E-state index contributed by atoms with van der Waals surface area (Å²) in [6.07, 6.45) is 2.66. The van der Waals surface area contributed by atoms with Gasteiger partial charge in [-0.25, -0.2) is 0 Å². The van der Waals surface area contributed by atoms with Crippen LogP contribution in [0.1, 0.15) is 24.4 Å². The third kappa shape index (κ3) is 3.14. The Morgan fingerprint density at radius 1 is 1.35 bits per heavy atom. The van der Waals surface area contributed by atoms with E-state index in [1.54, 1.807) is 0 Å². The summed E-state index contributed by atoms with van der Waals surface area (Å²) < 4.78 is 0. The number of nitrogens with two attached hydrogens (primary N) is 1. The first-order valence-electron chi connectivity index (χ1n) is 5.97. The zero-order chi connectivity index (χ0) is 12.4. The minimum Gasteiger partial charge on any atom is -0.329 e. The maximum Gasteiger partial charge on any atom is 0.0497 e. The Kier molecular flexibility index (Phi) is 4.31. The van der Waals surface area contributed by atoms with Crippen molar-refractivity contribution in [3.05, 3.63) is 33.8 Å². The first-order valence-corrected chi connectivity index (χ1v) is 6.73. The van der Waals surface area contributed by atoms with Crippen LogP contribution in [0.25, 0.3) is 0 Å². The van der Waals surface area contributed by atoms with Gasteiger partial charge in [-0.15, -0.1) is 0 Å². The van der Waals surface area contributed by atoms with Crippen molar-refractivity contribution in [2.24, 2.45) is 11.7 Å². The first kappa shape index (κ1) is 13.2. The lowest BCUT2D eigenvalue weighted by Crippen LogP contribution is -2.32. The highest BCUT2D eigenvalue weighted by molar-refractivity contribution is 6.36. The molecule has 0 heterocycles. The summed E-state index contributed by atoms with van der Waals surface area (Å²) in [4.78, 5) is 2.27. The van der Waals surface area contributed by atoms with Crippen molar-refractivity contribution in [2.45, 2.75) is 18.9 Å². The van der Waals surface area contributed by atoms with Gasteiger partial charge in [-0.3, -0.25) is 4.90 Å². The van der Waals surface area contributed by atoms with Crippen LogP contribution in [0.3, 0.4) is 0 Å². The van der Waals surface area contributed by atoms with Gasteiger partial charge < -0.3 is 5.73 Å². The second kappa shape index (κ2) is 5.57. The zero-order valence-corrected chi connectivity index (χ0v) is 11.5. The lowest BCUT2D eigenvalue weighted by Gasteiger charge is -2.28. The quantitative estimate of drug-likeness (QED) is 0.891. The van der Waals surface area contributed by atoms with Crippen LogP contribution in [0.2, 0.25) is 10.0 Å². The van der Waals surface area contributed by atoms with E-state index in [4.69, 9.17) is 28.9 Å². The Morgan fingerprint density at radius 2 is 1.94 bits per heavy atom. The molecule has 0 aromatic heterocycles. The van der Waals surface area contributed by atoms with E-state index in [1.165, 1.54) is 12.8 Å². The molecule has 2 nitrogen and oxygen atoms in total. The summed E-state index contributed by atoms with van der Waals surface area (Å²) in [6, 6.07) is 5.71. The molecule has 1 aliphatic rings. The Morgan fingerprint density at radius 3 is 2.41 bits per heavy atom. The Labute approximate surface area is 113 Å². The average Bonchev–Trinajstić information content (AvgIpc) is 3.07. The van der Waals surface area contributed by atoms with Gasteiger partial charge in [0, 0.05) is 34.7 Å². The van der Waals surface area contributed by atoms with E-state index in [-0.39, 0.29) is 6.04 Å². The minimum absolute atomic E-state index is 0.108. The van der Waals surface area contributed by atoms with Gasteiger partial charge in [0.1, 0.15) is 0 Å². The second-order valence-electron chi connectivity index (χ2n) is 4.77. The SMILES string of the molecule is CN(CC1CC1)C(CN)c1c(Cl)cccc1Cl. The predicted octanol–water partition coefficient (Wildman–Crippen LogP) is 3.34. The van der Waals surface area contributed by atoms with Crippen molar-refractivity contribution in [3.8, 4) is 0 Å². The summed E-state index contributed by atoms with van der Waals surface area (Å²) in [5.74, 6) is 0.829. The summed E-state index contributed by atoms with van der Waals surface area (Å²) in [5.41, 5.74) is 6.84. The van der Waals surface area contributed by atoms with Gasteiger partial charge in [-0.2, -0.15) is 0 Å². The number of rotatable bonds is 5. The topological polar surface area (TPSA) is 29.3 Å². The summed E-state index contributed by atoms with van der Waals surface area (Å²) in [6.45, 7) is 1.61. The van der Waals surface area contributed by atoms with E-state index in [0.717, 1.165) is 18.0 Å². The first-order chi connectivity index (χ1) is 8.13.